The summed E-state index contributed by atoms with van der Waals surface area (Å²) < 4.78 is 44.8. The van der Waals surface area contributed by atoms with E-state index in [1.54, 1.807) is 13.8 Å². The van der Waals surface area contributed by atoms with E-state index < -0.39 is 10.0 Å². The fourth-order valence-electron chi connectivity index (χ4n) is 2.54. The highest BCUT2D eigenvalue weighted by Crippen LogP contribution is 2.34. The highest BCUT2D eigenvalue weighted by molar-refractivity contribution is 7.93. The highest BCUT2D eigenvalue weighted by Gasteiger charge is 2.35. The third-order valence-electron chi connectivity index (χ3n) is 3.41. The maximum absolute atomic E-state index is 13.2. The van der Waals surface area contributed by atoms with Crippen LogP contribution in [0.4, 0.5) is 10.1 Å². The third kappa shape index (κ3) is 1.81. The Labute approximate surface area is 116 Å². The Balaban J connectivity index is 2.12. The molecule has 0 fully saturated rings. The first kappa shape index (κ1) is 13.1. The normalized spacial score (nSPS) is 14.7. The molecule has 3 rings (SSSR count). The van der Waals surface area contributed by atoms with Crippen molar-refractivity contribution in [2.45, 2.75) is 25.2 Å². The van der Waals surface area contributed by atoms with Gasteiger partial charge in [0.05, 0.1) is 5.69 Å². The van der Waals surface area contributed by atoms with E-state index in [1.165, 1.54) is 22.5 Å². The second-order valence-corrected chi connectivity index (χ2v) is 6.55. The zero-order chi connectivity index (χ0) is 14.5. The van der Waals surface area contributed by atoms with Crippen molar-refractivity contribution in [3.63, 3.8) is 0 Å². The van der Waals surface area contributed by atoms with E-state index in [2.05, 4.69) is 5.16 Å². The van der Waals surface area contributed by atoms with Crippen LogP contribution in [0.15, 0.2) is 27.6 Å². The van der Waals surface area contributed by atoms with Crippen LogP contribution in [-0.2, 0) is 16.4 Å². The van der Waals surface area contributed by atoms with Crippen molar-refractivity contribution in [2.24, 2.45) is 0 Å². The molecule has 0 N–H and O–H groups in total. The van der Waals surface area contributed by atoms with E-state index in [0.717, 1.165) is 0 Å². The SMILES string of the molecule is Cc1noc(C)c1S(=O)(=O)N1CCc2cc(F)ccc21. The lowest BCUT2D eigenvalue weighted by Gasteiger charge is -2.19. The average Bonchev–Trinajstić information content (AvgIpc) is 2.93. The molecule has 7 heteroatoms. The highest BCUT2D eigenvalue weighted by atomic mass is 32.2. The molecule has 2 heterocycles. The molecule has 5 nitrogen and oxygen atoms in total. The summed E-state index contributed by atoms with van der Waals surface area (Å²) in [4.78, 5) is 0.0923. The van der Waals surface area contributed by atoms with Crippen molar-refractivity contribution in [3.05, 3.63) is 41.0 Å². The monoisotopic (exact) mass is 296 g/mol. The van der Waals surface area contributed by atoms with Gasteiger partial charge in [0, 0.05) is 6.54 Å². The lowest BCUT2D eigenvalue weighted by Crippen LogP contribution is -2.29. The number of hydrogen-bond donors (Lipinski definition) is 0. The quantitative estimate of drug-likeness (QED) is 0.852. The summed E-state index contributed by atoms with van der Waals surface area (Å²) in [7, 11) is -3.73. The predicted octanol–water partition coefficient (Wildman–Crippen LogP) is 2.18. The van der Waals surface area contributed by atoms with E-state index in [9.17, 15) is 12.8 Å². The number of benzene rings is 1. The smallest absolute Gasteiger partial charge is 0.269 e. The Morgan fingerprint density at radius 1 is 1.35 bits per heavy atom. The molecule has 106 valence electrons. The van der Waals surface area contributed by atoms with Crippen molar-refractivity contribution < 1.29 is 17.3 Å². The second-order valence-electron chi connectivity index (χ2n) is 4.75. The Bertz CT molecular complexity index is 763. The molecule has 1 aliphatic heterocycles. The minimum Gasteiger partial charge on any atom is -0.360 e. The number of aryl methyl sites for hydroxylation is 2. The van der Waals surface area contributed by atoms with E-state index >= 15 is 0 Å². The zero-order valence-corrected chi connectivity index (χ0v) is 11.9. The first-order valence-electron chi connectivity index (χ1n) is 6.15. The van der Waals surface area contributed by atoms with Crippen molar-refractivity contribution in [3.8, 4) is 0 Å². The van der Waals surface area contributed by atoms with Crippen LogP contribution in [0.1, 0.15) is 17.0 Å². The number of fused-ring (bicyclic) bond motifs is 1. The van der Waals surface area contributed by atoms with Crippen molar-refractivity contribution in [1.82, 2.24) is 5.16 Å². The summed E-state index contributed by atoms with van der Waals surface area (Å²) >= 11 is 0. The number of aromatic nitrogens is 1. The Morgan fingerprint density at radius 3 is 2.75 bits per heavy atom. The molecule has 1 aromatic carbocycles. The molecule has 0 saturated carbocycles. The topological polar surface area (TPSA) is 63.4 Å². The van der Waals surface area contributed by atoms with Gasteiger partial charge in [0.25, 0.3) is 10.0 Å². The molecule has 0 bridgehead atoms. The lowest BCUT2D eigenvalue weighted by molar-refractivity contribution is 0.390. The van der Waals surface area contributed by atoms with Crippen LogP contribution in [0, 0.1) is 19.7 Å². The minimum atomic E-state index is -3.73. The Hall–Kier alpha value is -1.89. The Kier molecular flexibility index (Phi) is 2.82. The average molecular weight is 296 g/mol. The summed E-state index contributed by atoms with van der Waals surface area (Å²) in [6.07, 6.45) is 0.496. The fraction of sp³-hybridized carbons (Fsp3) is 0.308. The van der Waals surface area contributed by atoms with Gasteiger partial charge in [-0.1, -0.05) is 5.16 Å². The van der Waals surface area contributed by atoms with E-state index in [4.69, 9.17) is 4.52 Å². The van der Waals surface area contributed by atoms with Crippen LogP contribution >= 0.6 is 0 Å². The molecular weight excluding hydrogens is 283 g/mol. The number of hydrogen-bond acceptors (Lipinski definition) is 4. The van der Waals surface area contributed by atoms with E-state index in [-0.39, 0.29) is 16.5 Å². The summed E-state index contributed by atoms with van der Waals surface area (Å²) in [5.74, 6) is -0.0987. The summed E-state index contributed by atoms with van der Waals surface area (Å²) in [6.45, 7) is 3.45. The maximum Gasteiger partial charge on any atom is 0.269 e. The molecule has 0 atom stereocenters. The lowest BCUT2D eigenvalue weighted by atomic mass is 10.2. The molecule has 0 saturated heterocycles. The maximum atomic E-state index is 13.2. The number of anilines is 1. The van der Waals surface area contributed by atoms with Gasteiger partial charge >= 0.3 is 0 Å². The standard InChI is InChI=1S/C13H13FN2O3S/c1-8-13(9(2)19-15-8)20(17,18)16-6-5-10-7-11(14)3-4-12(10)16/h3-4,7H,5-6H2,1-2H3. The number of nitrogens with zero attached hydrogens (tertiary/aromatic N) is 2. The second kappa shape index (κ2) is 4.31. The van der Waals surface area contributed by atoms with Crippen molar-refractivity contribution >= 4 is 15.7 Å². The molecule has 0 unspecified atom stereocenters. The molecule has 0 spiro atoms. The van der Waals surface area contributed by atoms with Gasteiger partial charge in [0.2, 0.25) is 0 Å². The predicted molar refractivity (Wildman–Crippen MR) is 70.6 cm³/mol. The number of sulfonamides is 1. The van der Waals surface area contributed by atoms with Gasteiger partial charge < -0.3 is 4.52 Å². The minimum absolute atomic E-state index is 0.0923. The van der Waals surface area contributed by atoms with Gasteiger partial charge in [-0.2, -0.15) is 0 Å². The zero-order valence-electron chi connectivity index (χ0n) is 11.1. The molecule has 0 aliphatic carbocycles. The summed E-state index contributed by atoms with van der Waals surface area (Å²) in [5.41, 5.74) is 1.55. The molecule has 0 radical (unpaired) electrons. The first-order chi connectivity index (χ1) is 9.41. The molecular formula is C13H13FN2O3S. The molecule has 1 aliphatic rings. The van der Waals surface area contributed by atoms with Crippen LogP contribution in [0.3, 0.4) is 0 Å². The third-order valence-corrected chi connectivity index (χ3v) is 5.47. The fourth-order valence-corrected chi connectivity index (χ4v) is 4.34. The van der Waals surface area contributed by atoms with E-state index in [1.807, 2.05) is 0 Å². The van der Waals surface area contributed by atoms with Crippen LogP contribution in [0.5, 0.6) is 0 Å². The van der Waals surface area contributed by atoms with Crippen LogP contribution < -0.4 is 4.31 Å². The largest absolute Gasteiger partial charge is 0.360 e. The van der Waals surface area contributed by atoms with E-state index in [0.29, 0.717) is 29.9 Å². The molecule has 2 aromatic rings. The number of rotatable bonds is 2. The van der Waals surface area contributed by atoms with Crippen LogP contribution in [-0.4, -0.2) is 20.1 Å². The van der Waals surface area contributed by atoms with Gasteiger partial charge in [0.15, 0.2) is 10.7 Å². The van der Waals surface area contributed by atoms with Gasteiger partial charge in [-0.3, -0.25) is 4.31 Å². The van der Waals surface area contributed by atoms with Crippen molar-refractivity contribution in [1.29, 1.82) is 0 Å². The molecule has 0 amide bonds. The molecule has 20 heavy (non-hydrogen) atoms. The van der Waals surface area contributed by atoms with Crippen LogP contribution in [0.25, 0.3) is 0 Å². The number of halogens is 1. The van der Waals surface area contributed by atoms with Crippen LogP contribution in [0.2, 0.25) is 0 Å². The summed E-state index contributed by atoms with van der Waals surface area (Å²) in [5, 5.41) is 3.68. The summed E-state index contributed by atoms with van der Waals surface area (Å²) in [6, 6.07) is 4.13. The van der Waals surface area contributed by atoms with Gasteiger partial charge in [-0.05, 0) is 44.0 Å². The molecule has 1 aromatic heterocycles. The van der Waals surface area contributed by atoms with Gasteiger partial charge in [-0.15, -0.1) is 0 Å². The van der Waals surface area contributed by atoms with Gasteiger partial charge in [0.1, 0.15) is 11.5 Å². The Morgan fingerprint density at radius 2 is 2.10 bits per heavy atom. The first-order valence-corrected chi connectivity index (χ1v) is 7.59. The van der Waals surface area contributed by atoms with Crippen molar-refractivity contribution in [2.75, 3.05) is 10.8 Å². The van der Waals surface area contributed by atoms with Gasteiger partial charge in [-0.25, -0.2) is 12.8 Å².